The Morgan fingerprint density at radius 3 is 1.26 bits per heavy atom. The molecule has 7 heteroatoms. The van der Waals surface area contributed by atoms with E-state index in [2.05, 4.69) is 4.13 Å². The summed E-state index contributed by atoms with van der Waals surface area (Å²) in [6, 6.07) is 23.2. The van der Waals surface area contributed by atoms with E-state index in [1.807, 2.05) is 24.3 Å². The second-order valence-electron chi connectivity index (χ2n) is 6.04. The summed E-state index contributed by atoms with van der Waals surface area (Å²) in [6.07, 6.45) is 0. The van der Waals surface area contributed by atoms with Crippen LogP contribution in [0.3, 0.4) is 0 Å². The molecule has 5 nitrogen and oxygen atoms in total. The molecular formula is C20H14NO4S2. The average molecular weight is 396 g/mol. The van der Waals surface area contributed by atoms with Gasteiger partial charge in [-0.15, -0.1) is 0 Å². The van der Waals surface area contributed by atoms with Crippen LogP contribution in [0.4, 0.5) is 0 Å². The molecule has 0 saturated heterocycles. The molecule has 0 N–H and O–H groups in total. The SMILES string of the molecule is O=S(=O)([N]S(=O)(=O)c1ccc2ccccc2c1)c1ccc2ccccc2c1. The van der Waals surface area contributed by atoms with Crippen molar-refractivity contribution in [3.63, 3.8) is 0 Å². The van der Waals surface area contributed by atoms with Crippen LogP contribution in [0.1, 0.15) is 0 Å². The molecule has 4 aromatic rings. The molecule has 0 amide bonds. The van der Waals surface area contributed by atoms with E-state index in [1.54, 1.807) is 36.4 Å². The lowest BCUT2D eigenvalue weighted by molar-refractivity contribution is 0.576. The fourth-order valence-electron chi connectivity index (χ4n) is 2.87. The second kappa shape index (κ2) is 6.45. The van der Waals surface area contributed by atoms with Gasteiger partial charge in [0.1, 0.15) is 0 Å². The molecule has 135 valence electrons. The Morgan fingerprint density at radius 2 is 0.852 bits per heavy atom. The molecule has 0 aliphatic rings. The van der Waals surface area contributed by atoms with Crippen molar-refractivity contribution in [1.29, 1.82) is 0 Å². The summed E-state index contributed by atoms with van der Waals surface area (Å²) >= 11 is 0. The molecular weight excluding hydrogens is 382 g/mol. The van der Waals surface area contributed by atoms with Gasteiger partial charge in [0, 0.05) is 4.13 Å². The first-order chi connectivity index (χ1) is 12.9. The van der Waals surface area contributed by atoms with Crippen LogP contribution in [0.5, 0.6) is 0 Å². The average Bonchev–Trinajstić information content (AvgIpc) is 2.66. The van der Waals surface area contributed by atoms with Gasteiger partial charge in [-0.1, -0.05) is 60.7 Å². The molecule has 0 aliphatic heterocycles. The molecule has 4 rings (SSSR count). The van der Waals surface area contributed by atoms with Crippen LogP contribution in [0, 0.1) is 0 Å². The summed E-state index contributed by atoms with van der Waals surface area (Å²) in [5, 5.41) is 3.09. The third-order valence-electron chi connectivity index (χ3n) is 4.23. The molecule has 0 unspecified atom stereocenters. The van der Waals surface area contributed by atoms with Gasteiger partial charge in [-0.2, -0.15) is 0 Å². The number of benzene rings is 4. The van der Waals surface area contributed by atoms with Gasteiger partial charge in [-0.05, 0) is 45.8 Å². The van der Waals surface area contributed by atoms with E-state index < -0.39 is 20.0 Å². The van der Waals surface area contributed by atoms with Gasteiger partial charge in [0.2, 0.25) is 0 Å². The Labute approximate surface area is 157 Å². The van der Waals surface area contributed by atoms with Crippen LogP contribution in [0.25, 0.3) is 21.5 Å². The molecule has 1 radical (unpaired) electrons. The zero-order valence-corrected chi connectivity index (χ0v) is 15.6. The van der Waals surface area contributed by atoms with Crippen molar-refractivity contribution in [1.82, 2.24) is 4.13 Å². The summed E-state index contributed by atoms with van der Waals surface area (Å²) in [5.41, 5.74) is 0. The molecule has 0 heterocycles. The summed E-state index contributed by atoms with van der Waals surface area (Å²) in [6.45, 7) is 0. The minimum Gasteiger partial charge on any atom is -0.205 e. The highest BCUT2D eigenvalue weighted by Crippen LogP contribution is 2.23. The topological polar surface area (TPSA) is 82.4 Å². The predicted octanol–water partition coefficient (Wildman–Crippen LogP) is 3.68. The lowest BCUT2D eigenvalue weighted by Crippen LogP contribution is -2.23. The number of nitrogens with zero attached hydrogens (tertiary/aromatic N) is 1. The maximum Gasteiger partial charge on any atom is 0.271 e. The van der Waals surface area contributed by atoms with Crippen LogP contribution in [-0.2, 0) is 20.0 Å². The maximum atomic E-state index is 12.6. The zero-order chi connectivity index (χ0) is 19.1. The highest BCUT2D eigenvalue weighted by molar-refractivity contribution is 8.04. The first-order valence-electron chi connectivity index (χ1n) is 8.07. The van der Waals surface area contributed by atoms with Gasteiger partial charge in [0.25, 0.3) is 20.0 Å². The molecule has 0 aromatic heterocycles. The first kappa shape index (κ1) is 17.7. The number of rotatable bonds is 4. The smallest absolute Gasteiger partial charge is 0.205 e. The van der Waals surface area contributed by atoms with Crippen molar-refractivity contribution in [2.24, 2.45) is 0 Å². The predicted molar refractivity (Wildman–Crippen MR) is 104 cm³/mol. The van der Waals surface area contributed by atoms with Crippen LogP contribution >= 0.6 is 0 Å². The highest BCUT2D eigenvalue weighted by Gasteiger charge is 2.27. The Balaban J connectivity index is 1.73. The van der Waals surface area contributed by atoms with Crippen LogP contribution in [0.15, 0.2) is 94.7 Å². The molecule has 4 aromatic carbocycles. The van der Waals surface area contributed by atoms with Gasteiger partial charge in [-0.25, -0.2) is 16.8 Å². The van der Waals surface area contributed by atoms with E-state index in [9.17, 15) is 16.8 Å². The van der Waals surface area contributed by atoms with Crippen molar-refractivity contribution < 1.29 is 16.8 Å². The van der Waals surface area contributed by atoms with Crippen LogP contribution < -0.4 is 4.13 Å². The number of sulfonamides is 2. The van der Waals surface area contributed by atoms with Crippen molar-refractivity contribution in [2.75, 3.05) is 0 Å². The van der Waals surface area contributed by atoms with Crippen molar-refractivity contribution in [3.05, 3.63) is 84.9 Å². The van der Waals surface area contributed by atoms with Gasteiger partial charge >= 0.3 is 0 Å². The monoisotopic (exact) mass is 396 g/mol. The maximum absolute atomic E-state index is 12.6. The van der Waals surface area contributed by atoms with Gasteiger partial charge in [-0.3, -0.25) is 0 Å². The fourth-order valence-corrected chi connectivity index (χ4v) is 5.62. The third kappa shape index (κ3) is 3.44. The van der Waals surface area contributed by atoms with E-state index >= 15 is 0 Å². The molecule has 0 atom stereocenters. The van der Waals surface area contributed by atoms with Gasteiger partial charge in [0.05, 0.1) is 9.79 Å². The molecule has 0 saturated carbocycles. The molecule has 0 bridgehead atoms. The zero-order valence-electron chi connectivity index (χ0n) is 14.0. The fraction of sp³-hybridized carbons (Fsp3) is 0. The Kier molecular flexibility index (Phi) is 4.22. The quantitative estimate of drug-likeness (QED) is 0.527. The third-order valence-corrected chi connectivity index (χ3v) is 7.50. The van der Waals surface area contributed by atoms with E-state index in [4.69, 9.17) is 0 Å². The summed E-state index contributed by atoms with van der Waals surface area (Å²) in [5.74, 6) is 0. The second-order valence-corrected chi connectivity index (χ2v) is 9.48. The van der Waals surface area contributed by atoms with Gasteiger partial charge < -0.3 is 0 Å². The number of hydrogen-bond donors (Lipinski definition) is 0. The normalized spacial score (nSPS) is 12.4. The molecule has 0 spiro atoms. The van der Waals surface area contributed by atoms with Crippen molar-refractivity contribution in [2.45, 2.75) is 9.79 Å². The lowest BCUT2D eigenvalue weighted by atomic mass is 10.1. The molecule has 27 heavy (non-hydrogen) atoms. The minimum atomic E-state index is -4.37. The summed E-state index contributed by atoms with van der Waals surface area (Å²) in [7, 11) is -8.75. The van der Waals surface area contributed by atoms with E-state index in [1.165, 1.54) is 24.3 Å². The molecule has 0 fully saturated rings. The van der Waals surface area contributed by atoms with E-state index in [0.29, 0.717) is 10.8 Å². The Bertz CT molecular complexity index is 1270. The number of hydrogen-bond acceptors (Lipinski definition) is 4. The lowest BCUT2D eigenvalue weighted by Gasteiger charge is -2.08. The van der Waals surface area contributed by atoms with Gasteiger partial charge in [0.15, 0.2) is 0 Å². The summed E-state index contributed by atoms with van der Waals surface area (Å²) in [4.78, 5) is -0.323. The first-order valence-corrected chi connectivity index (χ1v) is 11.0. The Morgan fingerprint density at radius 1 is 0.481 bits per heavy atom. The minimum absolute atomic E-state index is 0.162. The Hall–Kier alpha value is -2.74. The summed E-state index contributed by atoms with van der Waals surface area (Å²) < 4.78 is 53.6. The molecule has 0 aliphatic carbocycles. The van der Waals surface area contributed by atoms with E-state index in [0.717, 1.165) is 10.8 Å². The van der Waals surface area contributed by atoms with Crippen LogP contribution in [0.2, 0.25) is 0 Å². The standard InChI is InChI=1S/C20H14NO4S2/c22-26(23,19-11-9-15-5-1-3-7-17(15)13-19)21-27(24,25)20-12-10-16-6-2-4-8-18(16)14-20/h1-14H. The van der Waals surface area contributed by atoms with Crippen molar-refractivity contribution in [3.8, 4) is 0 Å². The highest BCUT2D eigenvalue weighted by atomic mass is 32.3. The van der Waals surface area contributed by atoms with Crippen LogP contribution in [-0.4, -0.2) is 16.8 Å². The largest absolute Gasteiger partial charge is 0.271 e. The van der Waals surface area contributed by atoms with Crippen molar-refractivity contribution >= 4 is 41.6 Å². The van der Waals surface area contributed by atoms with E-state index in [-0.39, 0.29) is 9.79 Å². The number of fused-ring (bicyclic) bond motifs is 2.